The molecule has 1 aliphatic rings. The van der Waals surface area contributed by atoms with Crippen LogP contribution in [0, 0.1) is 12.8 Å². The fourth-order valence-corrected chi connectivity index (χ4v) is 4.99. The minimum Gasteiger partial charge on any atom is -0.489 e. The van der Waals surface area contributed by atoms with Gasteiger partial charge in [-0.15, -0.1) is 0 Å². The summed E-state index contributed by atoms with van der Waals surface area (Å²) in [6, 6.07) is 17.1. The van der Waals surface area contributed by atoms with E-state index in [1.165, 1.54) is 0 Å². The number of alkyl halides is 6. The number of amides is 2. The van der Waals surface area contributed by atoms with Crippen molar-refractivity contribution in [1.29, 1.82) is 0 Å². The number of carboxylic acids is 2. The second-order valence-corrected chi connectivity index (χ2v) is 11.0. The van der Waals surface area contributed by atoms with Crippen molar-refractivity contribution in [1.82, 2.24) is 20.7 Å². The van der Waals surface area contributed by atoms with Gasteiger partial charge in [-0.25, -0.2) is 15.1 Å². The molecular weight excluding hydrogens is 682 g/mol. The molecule has 0 bridgehead atoms. The van der Waals surface area contributed by atoms with Crippen LogP contribution in [0.5, 0.6) is 5.75 Å². The summed E-state index contributed by atoms with van der Waals surface area (Å²) in [6.07, 6.45) is -7.55. The highest BCUT2D eigenvalue weighted by Crippen LogP contribution is 2.26. The summed E-state index contributed by atoms with van der Waals surface area (Å²) in [5.41, 5.74) is 5.19. The van der Waals surface area contributed by atoms with Gasteiger partial charge in [0.25, 0.3) is 5.91 Å². The Labute approximate surface area is 282 Å². The number of aromatic nitrogens is 1. The number of carboxylic acid groups (broad SMARTS) is 2. The van der Waals surface area contributed by atoms with E-state index in [-0.39, 0.29) is 24.4 Å². The van der Waals surface area contributed by atoms with Crippen molar-refractivity contribution in [3.63, 3.8) is 0 Å². The molecular formula is C32H36F6N4O8. The van der Waals surface area contributed by atoms with Crippen LogP contribution in [-0.2, 0) is 21.0 Å². The van der Waals surface area contributed by atoms with Crippen molar-refractivity contribution in [3.8, 4) is 5.75 Å². The van der Waals surface area contributed by atoms with Crippen LogP contribution in [0.15, 0.2) is 54.6 Å². The second-order valence-electron chi connectivity index (χ2n) is 11.0. The first-order valence-electron chi connectivity index (χ1n) is 15.0. The number of rotatable bonds is 9. The molecule has 18 heteroatoms. The molecule has 1 fully saturated rings. The van der Waals surface area contributed by atoms with Gasteiger partial charge in [0.15, 0.2) is 0 Å². The molecule has 0 spiro atoms. The van der Waals surface area contributed by atoms with Crippen LogP contribution in [0.2, 0.25) is 0 Å². The Morgan fingerprint density at radius 2 is 1.54 bits per heavy atom. The molecule has 0 aliphatic carbocycles. The van der Waals surface area contributed by atoms with E-state index in [2.05, 4.69) is 22.1 Å². The Morgan fingerprint density at radius 3 is 2.08 bits per heavy atom. The van der Waals surface area contributed by atoms with E-state index in [1.54, 1.807) is 29.7 Å². The van der Waals surface area contributed by atoms with Gasteiger partial charge >= 0.3 is 24.3 Å². The maximum absolute atomic E-state index is 13.1. The highest BCUT2D eigenvalue weighted by molar-refractivity contribution is 5.94. The Morgan fingerprint density at radius 1 is 0.960 bits per heavy atom. The lowest BCUT2D eigenvalue weighted by molar-refractivity contribution is -0.193. The maximum Gasteiger partial charge on any atom is 0.490 e. The number of likely N-dealkylation sites (tertiary alicyclic amines) is 1. The average molecular weight is 719 g/mol. The summed E-state index contributed by atoms with van der Waals surface area (Å²) in [6.45, 7) is 6.16. The Hall–Kier alpha value is -4.97. The topological polar surface area (TPSA) is 178 Å². The number of aryl methyl sites for hydroxylation is 1. The van der Waals surface area contributed by atoms with E-state index in [9.17, 15) is 35.9 Å². The summed E-state index contributed by atoms with van der Waals surface area (Å²) in [7, 11) is 0. The summed E-state index contributed by atoms with van der Waals surface area (Å²) in [4.78, 5) is 49.5. The summed E-state index contributed by atoms with van der Waals surface area (Å²) in [5, 5.41) is 27.4. The van der Waals surface area contributed by atoms with Gasteiger partial charge in [0.1, 0.15) is 12.4 Å². The zero-order chi connectivity index (χ0) is 37.6. The number of halogens is 6. The SMILES string of the molecule is CCCN1CCC[C@H](CC(=O)NO)C1NC(=O)c1ccc(OCc2cc(C)nc3ccccc23)cc1.O=C(O)C(F)(F)F.O=C(O)C(F)(F)F. The number of aliphatic carboxylic acids is 2. The molecule has 2 amide bonds. The van der Waals surface area contributed by atoms with E-state index in [0.717, 1.165) is 54.5 Å². The molecule has 274 valence electrons. The molecule has 0 saturated carbocycles. The van der Waals surface area contributed by atoms with Crippen molar-refractivity contribution in [3.05, 3.63) is 71.4 Å². The van der Waals surface area contributed by atoms with Gasteiger partial charge in [-0.1, -0.05) is 25.1 Å². The van der Waals surface area contributed by atoms with Crippen molar-refractivity contribution >= 4 is 34.7 Å². The standard InChI is InChI=1S/C28H34N4O4.2C2HF3O2/c1-3-14-32-15-6-7-21(17-26(33)31-35)27(32)30-28(34)20-10-12-23(13-11-20)36-18-22-16-19(2)29-25-9-5-4-8-24(22)25;2*3-2(4,5)1(6)7/h4-5,8-13,16,21,27,35H,3,6-7,14-15,17-18H2,1-2H3,(H,30,34)(H,31,33);2*(H,6,7)/t21-,27?;;/m1../s1. The van der Waals surface area contributed by atoms with Crippen LogP contribution in [0.25, 0.3) is 10.9 Å². The number of fused-ring (bicyclic) bond motifs is 1. The number of hydroxylamine groups is 1. The average Bonchev–Trinajstić information content (AvgIpc) is 3.05. The lowest BCUT2D eigenvalue weighted by Gasteiger charge is -2.41. The maximum atomic E-state index is 13.1. The lowest BCUT2D eigenvalue weighted by atomic mass is 9.90. The molecule has 2 aromatic carbocycles. The lowest BCUT2D eigenvalue weighted by Crippen LogP contribution is -2.56. The third-order valence-corrected chi connectivity index (χ3v) is 7.15. The number of hydrogen-bond donors (Lipinski definition) is 5. The summed E-state index contributed by atoms with van der Waals surface area (Å²) < 4.78 is 69.5. The molecule has 1 saturated heterocycles. The van der Waals surface area contributed by atoms with Gasteiger partial charge < -0.3 is 20.3 Å². The number of nitrogens with one attached hydrogen (secondary N) is 2. The van der Waals surface area contributed by atoms with Crippen LogP contribution < -0.4 is 15.5 Å². The number of carbonyl (C=O) groups excluding carboxylic acids is 2. The van der Waals surface area contributed by atoms with Gasteiger partial charge in [-0.3, -0.25) is 24.7 Å². The van der Waals surface area contributed by atoms with Crippen molar-refractivity contribution < 1.29 is 65.7 Å². The van der Waals surface area contributed by atoms with E-state index < -0.39 is 30.2 Å². The highest BCUT2D eigenvalue weighted by Gasteiger charge is 2.39. The quantitative estimate of drug-likeness (QED) is 0.108. The molecule has 4 rings (SSSR count). The van der Waals surface area contributed by atoms with Crippen LogP contribution in [0.1, 0.15) is 54.2 Å². The van der Waals surface area contributed by atoms with Gasteiger partial charge in [0.2, 0.25) is 5.91 Å². The molecule has 1 unspecified atom stereocenters. The van der Waals surface area contributed by atoms with E-state index in [0.29, 0.717) is 17.9 Å². The van der Waals surface area contributed by atoms with Gasteiger partial charge in [0, 0.05) is 41.1 Å². The monoisotopic (exact) mass is 718 g/mol. The zero-order valence-electron chi connectivity index (χ0n) is 26.8. The van der Waals surface area contributed by atoms with Gasteiger partial charge in [-0.05, 0) is 69.1 Å². The predicted octanol–water partition coefficient (Wildman–Crippen LogP) is 5.46. The fourth-order valence-electron chi connectivity index (χ4n) is 4.99. The minimum absolute atomic E-state index is 0.0670. The van der Waals surface area contributed by atoms with Crippen molar-refractivity contribution in [2.24, 2.45) is 5.92 Å². The molecule has 5 N–H and O–H groups in total. The molecule has 2 heterocycles. The molecule has 0 radical (unpaired) electrons. The zero-order valence-corrected chi connectivity index (χ0v) is 26.8. The van der Waals surface area contributed by atoms with E-state index in [4.69, 9.17) is 29.7 Å². The van der Waals surface area contributed by atoms with E-state index >= 15 is 0 Å². The van der Waals surface area contributed by atoms with Crippen LogP contribution in [0.4, 0.5) is 26.3 Å². The third-order valence-electron chi connectivity index (χ3n) is 7.15. The fraction of sp³-hybridized carbons (Fsp3) is 0.406. The first kappa shape index (κ1) is 41.2. The number of benzene rings is 2. The molecule has 2 atom stereocenters. The largest absolute Gasteiger partial charge is 0.490 e. The number of ether oxygens (including phenoxy) is 1. The van der Waals surface area contributed by atoms with Crippen molar-refractivity contribution in [2.75, 3.05) is 13.1 Å². The normalized spacial score (nSPS) is 16.2. The molecule has 1 aliphatic heterocycles. The number of hydrogen-bond acceptors (Lipinski definition) is 8. The Kier molecular flexibility index (Phi) is 15.4. The van der Waals surface area contributed by atoms with Gasteiger partial charge in [0.05, 0.1) is 11.7 Å². The first-order valence-corrected chi connectivity index (χ1v) is 15.0. The smallest absolute Gasteiger partial charge is 0.489 e. The number of pyridine rings is 1. The first-order chi connectivity index (χ1) is 23.4. The predicted molar refractivity (Wildman–Crippen MR) is 165 cm³/mol. The van der Waals surface area contributed by atoms with Gasteiger partial charge in [-0.2, -0.15) is 26.3 Å². The van der Waals surface area contributed by atoms with E-state index in [1.807, 2.05) is 37.3 Å². The second kappa shape index (κ2) is 18.7. The summed E-state index contributed by atoms with van der Waals surface area (Å²) in [5.74, 6) is -5.54. The number of para-hydroxylation sites is 1. The highest BCUT2D eigenvalue weighted by atomic mass is 19.4. The number of carbonyl (C=O) groups is 4. The minimum atomic E-state index is -5.08. The molecule has 50 heavy (non-hydrogen) atoms. The number of piperidine rings is 1. The molecule has 3 aromatic rings. The van der Waals surface area contributed by atoms with Crippen molar-refractivity contribution in [2.45, 2.75) is 64.7 Å². The number of nitrogens with zero attached hydrogens (tertiary/aromatic N) is 2. The van der Waals surface area contributed by atoms with Crippen LogP contribution >= 0.6 is 0 Å². The summed E-state index contributed by atoms with van der Waals surface area (Å²) >= 11 is 0. The third kappa shape index (κ3) is 13.1. The molecule has 1 aromatic heterocycles. The Bertz CT molecular complexity index is 1580. The Balaban J connectivity index is 0.000000521. The van der Waals surface area contributed by atoms with Crippen LogP contribution in [-0.4, -0.2) is 80.7 Å². The van der Waals surface area contributed by atoms with Crippen LogP contribution in [0.3, 0.4) is 0 Å². The molecule has 12 nitrogen and oxygen atoms in total.